The van der Waals surface area contributed by atoms with Crippen LogP contribution in [0.2, 0.25) is 0 Å². The first-order valence-electron chi connectivity index (χ1n) is 9.60. The summed E-state index contributed by atoms with van der Waals surface area (Å²) in [5, 5.41) is 0. The fourth-order valence-corrected chi connectivity index (χ4v) is 4.59. The van der Waals surface area contributed by atoms with Crippen LogP contribution in [-0.2, 0) is 0 Å². The predicted molar refractivity (Wildman–Crippen MR) is 89.2 cm³/mol. The molecule has 0 aromatic rings. The van der Waals surface area contributed by atoms with Crippen molar-refractivity contribution in [1.82, 2.24) is 4.90 Å². The van der Waals surface area contributed by atoms with Crippen molar-refractivity contribution < 1.29 is 0 Å². The van der Waals surface area contributed by atoms with Crippen LogP contribution in [0.25, 0.3) is 0 Å². The second-order valence-corrected chi connectivity index (χ2v) is 7.38. The highest BCUT2D eigenvalue weighted by Crippen LogP contribution is 2.36. The standard InChI is InChI=1S/C19H37N/c1-3-4-5-6-7-8-9-13-18-15-16-19-14-11-10-12-17(2)20(18)19/h17-19H,3-16H2,1-2H3/t17-,18-,19-/m1/s1. The molecule has 0 unspecified atom stereocenters. The Bertz CT molecular complexity index is 250. The Morgan fingerprint density at radius 3 is 2.30 bits per heavy atom. The van der Waals surface area contributed by atoms with Crippen LogP contribution in [-0.4, -0.2) is 23.0 Å². The molecular weight excluding hydrogens is 242 g/mol. The summed E-state index contributed by atoms with van der Waals surface area (Å²) in [7, 11) is 0. The summed E-state index contributed by atoms with van der Waals surface area (Å²) in [5.41, 5.74) is 0. The third-order valence-electron chi connectivity index (χ3n) is 5.74. The average Bonchev–Trinajstić information content (AvgIpc) is 2.76. The number of fused-ring (bicyclic) bond motifs is 1. The van der Waals surface area contributed by atoms with Gasteiger partial charge in [0.05, 0.1) is 0 Å². The maximum absolute atomic E-state index is 2.93. The van der Waals surface area contributed by atoms with E-state index in [-0.39, 0.29) is 0 Å². The molecule has 0 aromatic carbocycles. The summed E-state index contributed by atoms with van der Waals surface area (Å²) < 4.78 is 0. The number of hydrogen-bond acceptors (Lipinski definition) is 1. The van der Waals surface area contributed by atoms with Gasteiger partial charge in [-0.15, -0.1) is 0 Å². The van der Waals surface area contributed by atoms with E-state index >= 15 is 0 Å². The second kappa shape index (κ2) is 9.07. The highest BCUT2D eigenvalue weighted by Gasteiger charge is 2.36. The SMILES string of the molecule is CCCCCCCCC[C@@H]1CC[C@H]2CCCC[C@@H](C)N12. The van der Waals surface area contributed by atoms with Crippen LogP contribution in [0.15, 0.2) is 0 Å². The molecule has 0 bridgehead atoms. The van der Waals surface area contributed by atoms with E-state index in [0.29, 0.717) is 0 Å². The fourth-order valence-electron chi connectivity index (χ4n) is 4.59. The Morgan fingerprint density at radius 2 is 1.50 bits per heavy atom. The van der Waals surface area contributed by atoms with Crippen molar-refractivity contribution in [2.45, 2.75) is 122 Å². The van der Waals surface area contributed by atoms with Crippen molar-refractivity contribution in [3.05, 3.63) is 0 Å². The van der Waals surface area contributed by atoms with E-state index < -0.39 is 0 Å². The van der Waals surface area contributed by atoms with Crippen molar-refractivity contribution >= 4 is 0 Å². The van der Waals surface area contributed by atoms with E-state index in [4.69, 9.17) is 0 Å². The summed E-state index contributed by atoms with van der Waals surface area (Å²) in [4.78, 5) is 2.93. The maximum atomic E-state index is 2.93. The summed E-state index contributed by atoms with van der Waals surface area (Å²) in [6.07, 6.45) is 20.5. The molecule has 0 aromatic heterocycles. The van der Waals surface area contributed by atoms with Crippen LogP contribution >= 0.6 is 0 Å². The largest absolute Gasteiger partial charge is 0.295 e. The summed E-state index contributed by atoms with van der Waals surface area (Å²) in [6, 6.07) is 2.74. The van der Waals surface area contributed by atoms with Crippen molar-refractivity contribution in [3.63, 3.8) is 0 Å². The minimum absolute atomic E-state index is 0.861. The third-order valence-corrected chi connectivity index (χ3v) is 5.74. The molecule has 1 heteroatoms. The zero-order valence-corrected chi connectivity index (χ0v) is 14.1. The van der Waals surface area contributed by atoms with E-state index in [1.807, 2.05) is 0 Å². The molecular formula is C19H37N. The van der Waals surface area contributed by atoms with E-state index in [2.05, 4.69) is 18.7 Å². The smallest absolute Gasteiger partial charge is 0.0102 e. The van der Waals surface area contributed by atoms with Gasteiger partial charge in [0.2, 0.25) is 0 Å². The van der Waals surface area contributed by atoms with Gasteiger partial charge in [0.1, 0.15) is 0 Å². The first-order chi connectivity index (χ1) is 9.83. The van der Waals surface area contributed by atoms with Crippen LogP contribution in [0.3, 0.4) is 0 Å². The van der Waals surface area contributed by atoms with E-state index in [0.717, 1.165) is 18.1 Å². The molecule has 2 aliphatic heterocycles. The van der Waals surface area contributed by atoms with Crippen molar-refractivity contribution in [2.75, 3.05) is 0 Å². The van der Waals surface area contributed by atoms with Gasteiger partial charge in [0, 0.05) is 18.1 Å². The molecule has 2 aliphatic rings. The fraction of sp³-hybridized carbons (Fsp3) is 1.00. The van der Waals surface area contributed by atoms with Gasteiger partial charge < -0.3 is 0 Å². The highest BCUT2D eigenvalue weighted by molar-refractivity contribution is 4.92. The lowest BCUT2D eigenvalue weighted by Crippen LogP contribution is -2.41. The van der Waals surface area contributed by atoms with Gasteiger partial charge >= 0.3 is 0 Å². The number of nitrogens with zero attached hydrogens (tertiary/aromatic N) is 1. The first kappa shape index (κ1) is 16.3. The molecule has 0 spiro atoms. The van der Waals surface area contributed by atoms with Gasteiger partial charge in [0.25, 0.3) is 0 Å². The second-order valence-electron chi connectivity index (χ2n) is 7.38. The Morgan fingerprint density at radius 1 is 0.800 bits per heavy atom. The van der Waals surface area contributed by atoms with E-state index in [9.17, 15) is 0 Å². The molecule has 0 aliphatic carbocycles. The quantitative estimate of drug-likeness (QED) is 0.498. The van der Waals surface area contributed by atoms with Crippen molar-refractivity contribution in [1.29, 1.82) is 0 Å². The molecule has 2 fully saturated rings. The third kappa shape index (κ3) is 4.76. The van der Waals surface area contributed by atoms with Crippen molar-refractivity contribution in [2.24, 2.45) is 0 Å². The first-order valence-corrected chi connectivity index (χ1v) is 9.60. The number of hydrogen-bond donors (Lipinski definition) is 0. The summed E-state index contributed by atoms with van der Waals surface area (Å²) >= 11 is 0. The van der Waals surface area contributed by atoms with Gasteiger partial charge in [0.15, 0.2) is 0 Å². The number of unbranched alkanes of at least 4 members (excludes halogenated alkanes) is 6. The van der Waals surface area contributed by atoms with Gasteiger partial charge in [-0.2, -0.15) is 0 Å². The minimum atomic E-state index is 0.861. The van der Waals surface area contributed by atoms with Gasteiger partial charge in [-0.1, -0.05) is 64.7 Å². The molecule has 0 N–H and O–H groups in total. The van der Waals surface area contributed by atoms with Crippen LogP contribution < -0.4 is 0 Å². The molecule has 0 amide bonds. The Kier molecular flexibility index (Phi) is 7.41. The molecule has 2 heterocycles. The molecule has 0 saturated carbocycles. The topological polar surface area (TPSA) is 3.24 Å². The summed E-state index contributed by atoms with van der Waals surface area (Å²) in [6.45, 7) is 4.79. The lowest BCUT2D eigenvalue weighted by Gasteiger charge is -2.34. The zero-order valence-electron chi connectivity index (χ0n) is 14.1. The van der Waals surface area contributed by atoms with E-state index in [1.54, 1.807) is 0 Å². The van der Waals surface area contributed by atoms with Crippen LogP contribution in [0.5, 0.6) is 0 Å². The van der Waals surface area contributed by atoms with Gasteiger partial charge in [-0.25, -0.2) is 0 Å². The molecule has 1 nitrogen and oxygen atoms in total. The van der Waals surface area contributed by atoms with E-state index in [1.165, 1.54) is 89.9 Å². The Labute approximate surface area is 127 Å². The molecule has 0 radical (unpaired) electrons. The molecule has 2 saturated heterocycles. The predicted octanol–water partition coefficient (Wildman–Crippen LogP) is 5.92. The molecule has 3 atom stereocenters. The maximum Gasteiger partial charge on any atom is 0.0102 e. The van der Waals surface area contributed by atoms with Crippen molar-refractivity contribution in [3.8, 4) is 0 Å². The number of rotatable bonds is 8. The van der Waals surface area contributed by atoms with Gasteiger partial charge in [-0.3, -0.25) is 4.90 Å². The lowest BCUT2D eigenvalue weighted by atomic mass is 10.0. The van der Waals surface area contributed by atoms with Crippen LogP contribution in [0, 0.1) is 0 Å². The molecule has 2 rings (SSSR count). The summed E-state index contributed by atoms with van der Waals surface area (Å²) in [5.74, 6) is 0. The minimum Gasteiger partial charge on any atom is -0.295 e. The van der Waals surface area contributed by atoms with Crippen LogP contribution in [0.4, 0.5) is 0 Å². The molecule has 118 valence electrons. The monoisotopic (exact) mass is 279 g/mol. The zero-order chi connectivity index (χ0) is 14.2. The normalized spacial score (nSPS) is 31.2. The Balaban J connectivity index is 1.63. The molecule has 20 heavy (non-hydrogen) atoms. The average molecular weight is 280 g/mol. The van der Waals surface area contributed by atoms with Crippen LogP contribution in [0.1, 0.15) is 104 Å². The highest BCUT2D eigenvalue weighted by atomic mass is 15.2. The Hall–Kier alpha value is -0.0400. The van der Waals surface area contributed by atoms with Gasteiger partial charge in [-0.05, 0) is 39.0 Å². The lowest BCUT2D eigenvalue weighted by molar-refractivity contribution is 0.132.